The van der Waals surface area contributed by atoms with Gasteiger partial charge in [-0.25, -0.2) is 0 Å². The van der Waals surface area contributed by atoms with Crippen LogP contribution < -0.4 is 10.1 Å². The van der Waals surface area contributed by atoms with Crippen molar-refractivity contribution in [2.24, 2.45) is 0 Å². The molecule has 0 aliphatic heterocycles. The van der Waals surface area contributed by atoms with Crippen LogP contribution in [0, 0.1) is 0 Å². The van der Waals surface area contributed by atoms with Gasteiger partial charge in [0.05, 0.1) is 11.8 Å². The topological polar surface area (TPSA) is 51.2 Å². The highest BCUT2D eigenvalue weighted by Crippen LogP contribution is 2.41. The van der Waals surface area contributed by atoms with E-state index in [4.69, 9.17) is 4.74 Å². The number of amides is 1. The van der Waals surface area contributed by atoms with Crippen LogP contribution in [0.5, 0.6) is 5.75 Å². The van der Waals surface area contributed by atoms with Gasteiger partial charge in [0.1, 0.15) is 5.75 Å². The van der Waals surface area contributed by atoms with Crippen molar-refractivity contribution >= 4 is 43.1 Å². The molecular formula is C19H14N2O2S. The summed E-state index contributed by atoms with van der Waals surface area (Å²) in [6.45, 7) is 0. The normalized spacial score (nSPS) is 10.9. The molecule has 2 aromatic heterocycles. The lowest BCUT2D eigenvalue weighted by Crippen LogP contribution is -2.12. The molecule has 118 valence electrons. The van der Waals surface area contributed by atoms with Gasteiger partial charge in [-0.05, 0) is 30.3 Å². The summed E-state index contributed by atoms with van der Waals surface area (Å²) in [5, 5.41) is 4.93. The highest BCUT2D eigenvalue weighted by atomic mass is 32.1. The van der Waals surface area contributed by atoms with E-state index in [0.29, 0.717) is 5.56 Å². The van der Waals surface area contributed by atoms with Gasteiger partial charge in [-0.1, -0.05) is 18.2 Å². The van der Waals surface area contributed by atoms with Gasteiger partial charge in [0.25, 0.3) is 5.91 Å². The Hall–Kier alpha value is -2.92. The monoisotopic (exact) mass is 334 g/mol. The number of methoxy groups -OCH3 is 1. The minimum atomic E-state index is -0.141. The molecule has 0 aliphatic carbocycles. The third-order valence-corrected chi connectivity index (χ3v) is 5.08. The second kappa shape index (κ2) is 5.94. The number of rotatable bonds is 3. The maximum Gasteiger partial charge on any atom is 0.256 e. The van der Waals surface area contributed by atoms with Crippen molar-refractivity contribution in [3.05, 3.63) is 66.5 Å². The Kier molecular flexibility index (Phi) is 3.63. The number of fused-ring (bicyclic) bond motifs is 3. The molecule has 0 spiro atoms. The smallest absolute Gasteiger partial charge is 0.256 e. The molecule has 0 bridgehead atoms. The number of anilines is 1. The van der Waals surface area contributed by atoms with Crippen LogP contribution in [0.25, 0.3) is 20.2 Å². The standard InChI is InChI=1S/C19H14N2O2S/c1-23-15-7-6-14(19(22)21-12-8-10-20-11-9-12)17-13-4-2-3-5-16(13)24-18(15)17/h2-11H,1H3,(H,20,21,22). The summed E-state index contributed by atoms with van der Waals surface area (Å²) in [5.74, 6) is 0.643. The lowest BCUT2D eigenvalue weighted by Gasteiger charge is -2.08. The highest BCUT2D eigenvalue weighted by molar-refractivity contribution is 7.26. The van der Waals surface area contributed by atoms with Crippen molar-refractivity contribution in [1.82, 2.24) is 4.98 Å². The van der Waals surface area contributed by atoms with E-state index < -0.39 is 0 Å². The fraction of sp³-hybridized carbons (Fsp3) is 0.0526. The van der Waals surface area contributed by atoms with Gasteiger partial charge < -0.3 is 10.1 Å². The number of pyridine rings is 1. The molecule has 5 heteroatoms. The van der Waals surface area contributed by atoms with E-state index in [2.05, 4.69) is 16.4 Å². The first-order chi connectivity index (χ1) is 11.8. The van der Waals surface area contributed by atoms with E-state index in [9.17, 15) is 4.79 Å². The molecule has 0 radical (unpaired) electrons. The average molecular weight is 334 g/mol. The number of carbonyl (C=O) groups excluding carboxylic acids is 1. The molecule has 0 aliphatic rings. The molecule has 4 aromatic rings. The van der Waals surface area contributed by atoms with E-state index in [1.807, 2.05) is 30.3 Å². The summed E-state index contributed by atoms with van der Waals surface area (Å²) in [7, 11) is 1.65. The summed E-state index contributed by atoms with van der Waals surface area (Å²) in [6, 6.07) is 15.3. The predicted octanol–water partition coefficient (Wildman–Crippen LogP) is 4.71. The van der Waals surface area contributed by atoms with Crippen molar-refractivity contribution in [3.8, 4) is 5.75 Å². The molecular weight excluding hydrogens is 320 g/mol. The van der Waals surface area contributed by atoms with Crippen LogP contribution in [0.2, 0.25) is 0 Å². The minimum Gasteiger partial charge on any atom is -0.495 e. The SMILES string of the molecule is COc1ccc(C(=O)Nc2ccncc2)c2c1sc1ccccc12. The summed E-state index contributed by atoms with van der Waals surface area (Å²) < 4.78 is 7.60. The van der Waals surface area contributed by atoms with Crippen LogP contribution in [0.3, 0.4) is 0 Å². The van der Waals surface area contributed by atoms with Crippen molar-refractivity contribution in [1.29, 1.82) is 0 Å². The van der Waals surface area contributed by atoms with Crippen LogP contribution in [-0.2, 0) is 0 Å². The van der Waals surface area contributed by atoms with Crippen molar-refractivity contribution in [2.45, 2.75) is 0 Å². The molecule has 24 heavy (non-hydrogen) atoms. The maximum absolute atomic E-state index is 12.8. The van der Waals surface area contributed by atoms with Crippen molar-refractivity contribution in [2.75, 3.05) is 12.4 Å². The van der Waals surface area contributed by atoms with Crippen molar-refractivity contribution < 1.29 is 9.53 Å². The van der Waals surface area contributed by atoms with Gasteiger partial charge in [-0.3, -0.25) is 9.78 Å². The number of nitrogens with one attached hydrogen (secondary N) is 1. The van der Waals surface area contributed by atoms with Crippen LogP contribution in [0.4, 0.5) is 5.69 Å². The third-order valence-electron chi connectivity index (χ3n) is 3.89. The zero-order valence-electron chi connectivity index (χ0n) is 12.9. The number of carbonyl (C=O) groups is 1. The molecule has 0 fully saturated rings. The molecule has 0 unspecified atom stereocenters. The fourth-order valence-electron chi connectivity index (χ4n) is 2.79. The fourth-order valence-corrected chi connectivity index (χ4v) is 4.01. The molecule has 2 heterocycles. The second-order valence-electron chi connectivity index (χ2n) is 5.31. The van der Waals surface area contributed by atoms with Crippen LogP contribution >= 0.6 is 11.3 Å². The van der Waals surface area contributed by atoms with Crippen molar-refractivity contribution in [3.63, 3.8) is 0 Å². The van der Waals surface area contributed by atoms with E-state index in [1.165, 1.54) is 0 Å². The molecule has 1 N–H and O–H groups in total. The predicted molar refractivity (Wildman–Crippen MR) is 98.1 cm³/mol. The molecule has 0 saturated carbocycles. The largest absolute Gasteiger partial charge is 0.495 e. The first kappa shape index (κ1) is 14.7. The van der Waals surface area contributed by atoms with Gasteiger partial charge >= 0.3 is 0 Å². The molecule has 4 rings (SSSR count). The number of hydrogen-bond acceptors (Lipinski definition) is 4. The van der Waals surface area contributed by atoms with E-state index in [-0.39, 0.29) is 5.91 Å². The zero-order chi connectivity index (χ0) is 16.5. The minimum absolute atomic E-state index is 0.141. The number of ether oxygens (including phenoxy) is 1. The summed E-state index contributed by atoms with van der Waals surface area (Å²) in [6.07, 6.45) is 3.30. The Bertz CT molecular complexity index is 1040. The molecule has 4 nitrogen and oxygen atoms in total. The van der Waals surface area contributed by atoms with E-state index in [1.54, 1.807) is 43.0 Å². The lowest BCUT2D eigenvalue weighted by atomic mass is 10.0. The van der Waals surface area contributed by atoms with Gasteiger partial charge in [-0.15, -0.1) is 11.3 Å². The molecule has 0 saturated heterocycles. The number of hydrogen-bond donors (Lipinski definition) is 1. The third kappa shape index (κ3) is 2.39. The summed E-state index contributed by atoms with van der Waals surface area (Å²) in [4.78, 5) is 16.8. The van der Waals surface area contributed by atoms with Crippen LogP contribution in [0.15, 0.2) is 60.9 Å². The number of thiophene rings is 1. The van der Waals surface area contributed by atoms with Gasteiger partial charge in [0.2, 0.25) is 0 Å². The summed E-state index contributed by atoms with van der Waals surface area (Å²) in [5.41, 5.74) is 1.36. The number of nitrogens with zero attached hydrogens (tertiary/aromatic N) is 1. The summed E-state index contributed by atoms with van der Waals surface area (Å²) >= 11 is 1.64. The van der Waals surface area contributed by atoms with E-state index >= 15 is 0 Å². The Morgan fingerprint density at radius 2 is 1.88 bits per heavy atom. The Labute approximate surface area is 142 Å². The Balaban J connectivity index is 1.90. The van der Waals surface area contributed by atoms with Gasteiger partial charge in [0, 0.05) is 39.1 Å². The number of benzene rings is 2. The Morgan fingerprint density at radius 1 is 1.08 bits per heavy atom. The quantitative estimate of drug-likeness (QED) is 0.590. The highest BCUT2D eigenvalue weighted by Gasteiger charge is 2.18. The van der Waals surface area contributed by atoms with Crippen LogP contribution in [0.1, 0.15) is 10.4 Å². The molecule has 1 amide bonds. The Morgan fingerprint density at radius 3 is 2.67 bits per heavy atom. The molecule has 0 atom stereocenters. The zero-order valence-corrected chi connectivity index (χ0v) is 13.8. The second-order valence-corrected chi connectivity index (χ2v) is 6.36. The average Bonchev–Trinajstić information content (AvgIpc) is 3.01. The number of aromatic nitrogens is 1. The maximum atomic E-state index is 12.8. The van der Waals surface area contributed by atoms with Gasteiger partial charge in [0.15, 0.2) is 0 Å². The van der Waals surface area contributed by atoms with E-state index in [0.717, 1.165) is 31.6 Å². The molecule has 2 aromatic carbocycles. The van der Waals surface area contributed by atoms with Crippen LogP contribution in [-0.4, -0.2) is 18.0 Å². The first-order valence-electron chi connectivity index (χ1n) is 7.47. The van der Waals surface area contributed by atoms with Gasteiger partial charge in [-0.2, -0.15) is 0 Å². The lowest BCUT2D eigenvalue weighted by molar-refractivity contribution is 0.102. The first-order valence-corrected chi connectivity index (χ1v) is 8.29.